The van der Waals surface area contributed by atoms with Crippen LogP contribution in [0.4, 0.5) is 13.6 Å². The van der Waals surface area contributed by atoms with E-state index < -0.39 is 18.2 Å². The number of amides is 2. The first-order valence-electron chi connectivity index (χ1n) is 7.94. The lowest BCUT2D eigenvalue weighted by Gasteiger charge is -2.35. The van der Waals surface area contributed by atoms with Gasteiger partial charge in [0.05, 0.1) is 12.1 Å². The van der Waals surface area contributed by atoms with Crippen LogP contribution >= 0.6 is 0 Å². The van der Waals surface area contributed by atoms with Gasteiger partial charge in [0.2, 0.25) is 0 Å². The predicted molar refractivity (Wildman–Crippen MR) is 80.9 cm³/mol. The predicted octanol–water partition coefficient (Wildman–Crippen LogP) is 2.41. The number of hydrogen-bond acceptors (Lipinski definition) is 3. The summed E-state index contributed by atoms with van der Waals surface area (Å²) < 4.78 is 26.0. The summed E-state index contributed by atoms with van der Waals surface area (Å²) in [4.78, 5) is 15.6. The Kier molecular flexibility index (Phi) is 5.92. The Bertz CT molecular complexity index is 513. The zero-order valence-electron chi connectivity index (χ0n) is 13.3. The molecule has 3 N–H and O–H groups in total. The van der Waals surface area contributed by atoms with E-state index in [-0.39, 0.29) is 24.8 Å². The highest BCUT2D eigenvalue weighted by molar-refractivity contribution is 5.73. The van der Waals surface area contributed by atoms with Gasteiger partial charge in [-0.3, -0.25) is 4.57 Å². The maximum absolute atomic E-state index is 12.7. The summed E-state index contributed by atoms with van der Waals surface area (Å²) in [5.41, 5.74) is -0.959. The monoisotopic (exact) mass is 330 g/mol. The molecule has 0 spiro atoms. The molecule has 0 saturated heterocycles. The Labute approximate surface area is 134 Å². The number of carbonyl (C=O) groups is 1. The zero-order valence-corrected chi connectivity index (χ0v) is 13.3. The van der Waals surface area contributed by atoms with Crippen LogP contribution in [0, 0.1) is 5.92 Å². The summed E-state index contributed by atoms with van der Waals surface area (Å²) in [6, 6.07) is -0.509. The van der Waals surface area contributed by atoms with Crippen LogP contribution < -0.4 is 10.6 Å². The number of urea groups is 1. The Morgan fingerprint density at radius 3 is 2.78 bits per heavy atom. The normalized spacial score (nSPS) is 18.7. The fourth-order valence-corrected chi connectivity index (χ4v) is 3.01. The van der Waals surface area contributed by atoms with E-state index in [2.05, 4.69) is 15.6 Å². The number of nitrogens with zero attached hydrogens (tertiary/aromatic N) is 2. The number of halogens is 2. The first-order valence-corrected chi connectivity index (χ1v) is 7.94. The van der Waals surface area contributed by atoms with Gasteiger partial charge in [0, 0.05) is 18.9 Å². The van der Waals surface area contributed by atoms with Crippen molar-refractivity contribution in [3.63, 3.8) is 0 Å². The van der Waals surface area contributed by atoms with Crippen molar-refractivity contribution in [3.8, 4) is 0 Å². The smallest absolute Gasteiger partial charge is 0.319 e. The van der Waals surface area contributed by atoms with Gasteiger partial charge in [0.25, 0.3) is 0 Å². The molecule has 0 bridgehead atoms. The van der Waals surface area contributed by atoms with Crippen molar-refractivity contribution < 1.29 is 18.7 Å². The van der Waals surface area contributed by atoms with E-state index in [9.17, 15) is 18.7 Å². The van der Waals surface area contributed by atoms with E-state index in [0.29, 0.717) is 4.57 Å². The lowest BCUT2D eigenvalue weighted by atomic mass is 9.78. The number of aromatic nitrogens is 2. The molecule has 1 fully saturated rings. The Morgan fingerprint density at radius 1 is 1.43 bits per heavy atom. The number of hydrogen-bond donors (Lipinski definition) is 3. The second-order valence-electron chi connectivity index (χ2n) is 6.26. The molecule has 1 aliphatic rings. The van der Waals surface area contributed by atoms with E-state index in [1.807, 2.05) is 0 Å². The molecule has 1 aromatic rings. The molecule has 1 saturated carbocycles. The van der Waals surface area contributed by atoms with Crippen LogP contribution in [-0.4, -0.2) is 32.8 Å². The minimum absolute atomic E-state index is 0.0780. The van der Waals surface area contributed by atoms with Gasteiger partial charge in [-0.1, -0.05) is 19.3 Å². The quantitative estimate of drug-likeness (QED) is 0.749. The molecule has 0 radical (unpaired) electrons. The van der Waals surface area contributed by atoms with E-state index >= 15 is 0 Å². The Morgan fingerprint density at radius 2 is 2.13 bits per heavy atom. The highest BCUT2D eigenvalue weighted by Gasteiger charge is 2.33. The summed E-state index contributed by atoms with van der Waals surface area (Å²) in [5.74, 6) is 0.253. The van der Waals surface area contributed by atoms with Crippen molar-refractivity contribution in [2.75, 3.05) is 6.54 Å². The fourth-order valence-electron chi connectivity index (χ4n) is 3.01. The summed E-state index contributed by atoms with van der Waals surface area (Å²) in [6.45, 7) is -0.932. The standard InChI is InChI=1S/C15H24F2N4O2/c1-15(23,11-5-3-2-4-6-11)10-20-14(22)19-9-12-18-7-8-21(12)13(16)17/h7-8,11,13,23H,2-6,9-10H2,1H3,(H2,19,20,22)/t15-/m0/s1. The first kappa shape index (κ1) is 17.7. The van der Waals surface area contributed by atoms with Crippen LogP contribution in [0.25, 0.3) is 0 Å². The van der Waals surface area contributed by atoms with E-state index in [4.69, 9.17) is 0 Å². The largest absolute Gasteiger partial charge is 0.388 e. The molecule has 1 atom stereocenters. The Hall–Kier alpha value is -1.70. The van der Waals surface area contributed by atoms with E-state index in [0.717, 1.165) is 31.9 Å². The third kappa shape index (κ3) is 4.89. The molecule has 1 aliphatic carbocycles. The Balaban J connectivity index is 1.77. The second-order valence-corrected chi connectivity index (χ2v) is 6.26. The molecule has 23 heavy (non-hydrogen) atoms. The van der Waals surface area contributed by atoms with Crippen LogP contribution in [0.1, 0.15) is 51.4 Å². The molecule has 2 rings (SSSR count). The number of aliphatic hydroxyl groups is 1. The fraction of sp³-hybridized carbons (Fsp3) is 0.733. The highest BCUT2D eigenvalue weighted by atomic mass is 19.3. The summed E-state index contributed by atoms with van der Waals surface area (Å²) in [5, 5.41) is 15.6. The number of rotatable bonds is 6. The molecular weight excluding hydrogens is 306 g/mol. The van der Waals surface area contributed by atoms with Crippen molar-refractivity contribution in [1.29, 1.82) is 0 Å². The van der Waals surface area contributed by atoms with Crippen LogP contribution in [-0.2, 0) is 6.54 Å². The minimum atomic E-state index is -2.69. The molecule has 0 aliphatic heterocycles. The average Bonchev–Trinajstić information content (AvgIpc) is 3.01. The number of imidazole rings is 1. The first-order chi connectivity index (χ1) is 10.9. The summed E-state index contributed by atoms with van der Waals surface area (Å²) in [6.07, 6.45) is 7.73. The molecular formula is C15H24F2N4O2. The van der Waals surface area contributed by atoms with Gasteiger partial charge in [-0.05, 0) is 25.7 Å². The van der Waals surface area contributed by atoms with Gasteiger partial charge in [-0.2, -0.15) is 8.78 Å². The van der Waals surface area contributed by atoms with Gasteiger partial charge in [-0.15, -0.1) is 0 Å². The van der Waals surface area contributed by atoms with Gasteiger partial charge in [-0.25, -0.2) is 9.78 Å². The third-order valence-corrected chi connectivity index (χ3v) is 4.46. The summed E-state index contributed by atoms with van der Waals surface area (Å²) in [7, 11) is 0. The minimum Gasteiger partial charge on any atom is -0.388 e. The number of carbonyl (C=O) groups excluding carboxylic acids is 1. The molecule has 130 valence electrons. The summed E-state index contributed by atoms with van der Waals surface area (Å²) >= 11 is 0. The van der Waals surface area contributed by atoms with Crippen molar-refractivity contribution in [1.82, 2.24) is 20.2 Å². The maximum atomic E-state index is 12.7. The van der Waals surface area contributed by atoms with Crippen molar-refractivity contribution in [2.45, 2.75) is 57.7 Å². The van der Waals surface area contributed by atoms with Crippen LogP contribution in [0.5, 0.6) is 0 Å². The SMILES string of the molecule is C[C@](O)(CNC(=O)NCc1nccn1C(F)F)C1CCCCC1. The zero-order chi connectivity index (χ0) is 16.9. The van der Waals surface area contributed by atoms with Crippen LogP contribution in [0.3, 0.4) is 0 Å². The molecule has 1 aromatic heterocycles. The van der Waals surface area contributed by atoms with Crippen molar-refractivity contribution in [3.05, 3.63) is 18.2 Å². The molecule has 6 nitrogen and oxygen atoms in total. The molecule has 2 amide bonds. The molecule has 0 aromatic carbocycles. The number of nitrogens with one attached hydrogen (secondary N) is 2. The topological polar surface area (TPSA) is 79.2 Å². The number of alkyl halides is 2. The third-order valence-electron chi connectivity index (χ3n) is 4.46. The van der Waals surface area contributed by atoms with Gasteiger partial charge in [0.1, 0.15) is 5.82 Å². The van der Waals surface area contributed by atoms with E-state index in [1.54, 1.807) is 6.92 Å². The average molecular weight is 330 g/mol. The maximum Gasteiger partial charge on any atom is 0.319 e. The second kappa shape index (κ2) is 7.72. The van der Waals surface area contributed by atoms with Crippen LogP contribution in [0.2, 0.25) is 0 Å². The molecule has 1 heterocycles. The van der Waals surface area contributed by atoms with Crippen molar-refractivity contribution >= 4 is 6.03 Å². The van der Waals surface area contributed by atoms with Gasteiger partial charge >= 0.3 is 12.6 Å². The van der Waals surface area contributed by atoms with E-state index in [1.165, 1.54) is 12.6 Å². The molecule has 8 heteroatoms. The lowest BCUT2D eigenvalue weighted by molar-refractivity contribution is -0.0130. The van der Waals surface area contributed by atoms with Gasteiger partial charge in [0.15, 0.2) is 0 Å². The van der Waals surface area contributed by atoms with Crippen LogP contribution in [0.15, 0.2) is 12.4 Å². The highest BCUT2D eigenvalue weighted by Crippen LogP contribution is 2.32. The lowest BCUT2D eigenvalue weighted by Crippen LogP contribution is -2.49. The molecule has 0 unspecified atom stereocenters. The van der Waals surface area contributed by atoms with Crippen molar-refractivity contribution in [2.24, 2.45) is 5.92 Å². The van der Waals surface area contributed by atoms with Gasteiger partial charge < -0.3 is 15.7 Å².